The van der Waals surface area contributed by atoms with Gasteiger partial charge in [-0.25, -0.2) is 9.97 Å². The number of aryl methyl sites for hydroxylation is 1. The maximum atomic E-state index is 4.47. The molecular formula is C16H20BrN3. The fourth-order valence-electron chi connectivity index (χ4n) is 1.83. The van der Waals surface area contributed by atoms with Crippen molar-refractivity contribution in [3.05, 3.63) is 46.2 Å². The molecule has 0 unspecified atom stereocenters. The molecule has 3 nitrogen and oxygen atoms in total. The summed E-state index contributed by atoms with van der Waals surface area (Å²) in [7, 11) is 0. The summed E-state index contributed by atoms with van der Waals surface area (Å²) in [5.41, 5.74) is 3.43. The molecule has 0 aliphatic heterocycles. The molecule has 20 heavy (non-hydrogen) atoms. The maximum absolute atomic E-state index is 4.47. The van der Waals surface area contributed by atoms with E-state index < -0.39 is 0 Å². The summed E-state index contributed by atoms with van der Waals surface area (Å²) in [4.78, 5) is 8.95. The zero-order valence-electron chi connectivity index (χ0n) is 12.4. The number of rotatable bonds is 3. The van der Waals surface area contributed by atoms with Gasteiger partial charge >= 0.3 is 0 Å². The van der Waals surface area contributed by atoms with E-state index in [-0.39, 0.29) is 5.54 Å². The van der Waals surface area contributed by atoms with Crippen molar-refractivity contribution in [2.45, 2.75) is 39.8 Å². The Morgan fingerprint density at radius 3 is 2.35 bits per heavy atom. The number of hydrogen-bond acceptors (Lipinski definition) is 3. The van der Waals surface area contributed by atoms with Crippen molar-refractivity contribution >= 4 is 15.9 Å². The lowest BCUT2D eigenvalue weighted by Gasteiger charge is -2.20. The monoisotopic (exact) mass is 333 g/mol. The van der Waals surface area contributed by atoms with Crippen LogP contribution >= 0.6 is 15.9 Å². The SMILES string of the molecule is Cc1cc(Br)ccc1-c1ncc(CNC(C)(C)C)cn1. The van der Waals surface area contributed by atoms with Gasteiger partial charge in [-0.05, 0) is 51.5 Å². The van der Waals surface area contributed by atoms with Crippen LogP contribution in [0.3, 0.4) is 0 Å². The van der Waals surface area contributed by atoms with Crippen molar-refractivity contribution in [1.82, 2.24) is 15.3 Å². The number of benzene rings is 1. The number of nitrogens with zero attached hydrogens (tertiary/aromatic N) is 2. The Labute approximate surface area is 129 Å². The molecule has 0 saturated heterocycles. The van der Waals surface area contributed by atoms with E-state index in [1.807, 2.05) is 24.5 Å². The van der Waals surface area contributed by atoms with E-state index in [0.717, 1.165) is 28.0 Å². The van der Waals surface area contributed by atoms with Gasteiger partial charge in [-0.15, -0.1) is 0 Å². The highest BCUT2D eigenvalue weighted by atomic mass is 79.9. The van der Waals surface area contributed by atoms with E-state index in [1.165, 1.54) is 5.56 Å². The molecule has 1 heterocycles. The van der Waals surface area contributed by atoms with Crippen molar-refractivity contribution in [1.29, 1.82) is 0 Å². The molecule has 1 N–H and O–H groups in total. The first-order valence-corrected chi connectivity index (χ1v) is 7.47. The van der Waals surface area contributed by atoms with E-state index in [9.17, 15) is 0 Å². The van der Waals surface area contributed by atoms with E-state index >= 15 is 0 Å². The molecule has 0 atom stereocenters. The van der Waals surface area contributed by atoms with Gasteiger partial charge in [0.1, 0.15) is 0 Å². The fourth-order valence-corrected chi connectivity index (χ4v) is 2.31. The molecule has 2 rings (SSSR count). The summed E-state index contributed by atoms with van der Waals surface area (Å²) >= 11 is 3.47. The Hall–Kier alpha value is -1.26. The number of halogens is 1. The highest BCUT2D eigenvalue weighted by Gasteiger charge is 2.09. The largest absolute Gasteiger partial charge is 0.308 e. The number of nitrogens with one attached hydrogen (secondary N) is 1. The molecule has 1 aromatic carbocycles. The summed E-state index contributed by atoms with van der Waals surface area (Å²) in [5, 5.41) is 3.43. The summed E-state index contributed by atoms with van der Waals surface area (Å²) in [6, 6.07) is 6.14. The van der Waals surface area contributed by atoms with Gasteiger partial charge in [-0.3, -0.25) is 0 Å². The predicted molar refractivity (Wildman–Crippen MR) is 86.5 cm³/mol. The van der Waals surface area contributed by atoms with Gasteiger partial charge in [-0.2, -0.15) is 0 Å². The smallest absolute Gasteiger partial charge is 0.159 e. The molecule has 4 heteroatoms. The van der Waals surface area contributed by atoms with Gasteiger partial charge in [0.2, 0.25) is 0 Å². The van der Waals surface area contributed by atoms with Gasteiger partial charge in [0.15, 0.2) is 5.82 Å². The third-order valence-electron chi connectivity index (χ3n) is 2.96. The summed E-state index contributed by atoms with van der Waals surface area (Å²) in [5.74, 6) is 0.773. The molecule has 0 saturated carbocycles. The lowest BCUT2D eigenvalue weighted by molar-refractivity contribution is 0.423. The van der Waals surface area contributed by atoms with Crippen LogP contribution in [0.1, 0.15) is 31.9 Å². The minimum Gasteiger partial charge on any atom is -0.308 e. The second-order valence-electron chi connectivity index (χ2n) is 5.98. The molecular weight excluding hydrogens is 314 g/mol. The van der Waals surface area contributed by atoms with Crippen LogP contribution in [0.15, 0.2) is 35.1 Å². The second kappa shape index (κ2) is 6.02. The maximum Gasteiger partial charge on any atom is 0.159 e. The van der Waals surface area contributed by atoms with E-state index in [0.29, 0.717) is 0 Å². The molecule has 0 aliphatic rings. The lowest BCUT2D eigenvalue weighted by Crippen LogP contribution is -2.35. The van der Waals surface area contributed by atoms with Gasteiger partial charge in [0, 0.05) is 40.1 Å². The Kier molecular flexibility index (Phi) is 4.55. The Morgan fingerprint density at radius 1 is 1.15 bits per heavy atom. The van der Waals surface area contributed by atoms with Crippen LogP contribution in [0.5, 0.6) is 0 Å². The van der Waals surface area contributed by atoms with Crippen molar-refractivity contribution in [3.8, 4) is 11.4 Å². The molecule has 0 aliphatic carbocycles. The Morgan fingerprint density at radius 2 is 1.80 bits per heavy atom. The van der Waals surface area contributed by atoms with Crippen LogP contribution in [-0.2, 0) is 6.54 Å². The van der Waals surface area contributed by atoms with Gasteiger partial charge < -0.3 is 5.32 Å². The average molecular weight is 334 g/mol. The highest BCUT2D eigenvalue weighted by molar-refractivity contribution is 9.10. The van der Waals surface area contributed by atoms with Gasteiger partial charge in [0.25, 0.3) is 0 Å². The topological polar surface area (TPSA) is 37.8 Å². The molecule has 106 valence electrons. The van der Waals surface area contributed by atoms with Crippen LogP contribution in [-0.4, -0.2) is 15.5 Å². The van der Waals surface area contributed by atoms with Gasteiger partial charge in [0.05, 0.1) is 0 Å². The third-order valence-corrected chi connectivity index (χ3v) is 3.45. The number of aromatic nitrogens is 2. The van der Waals surface area contributed by atoms with Crippen LogP contribution < -0.4 is 5.32 Å². The highest BCUT2D eigenvalue weighted by Crippen LogP contribution is 2.23. The zero-order chi connectivity index (χ0) is 14.8. The molecule has 2 aromatic rings. The van der Waals surface area contributed by atoms with E-state index in [4.69, 9.17) is 0 Å². The first-order chi connectivity index (χ1) is 9.35. The first kappa shape index (κ1) is 15.1. The van der Waals surface area contributed by atoms with Crippen LogP contribution in [0.4, 0.5) is 0 Å². The van der Waals surface area contributed by atoms with Crippen LogP contribution in [0.25, 0.3) is 11.4 Å². The summed E-state index contributed by atoms with van der Waals surface area (Å²) < 4.78 is 1.07. The normalized spacial score (nSPS) is 11.7. The summed E-state index contributed by atoms with van der Waals surface area (Å²) in [6.07, 6.45) is 3.78. The molecule has 0 radical (unpaired) electrons. The standard InChI is InChI=1S/C16H20BrN3/c1-11-7-13(17)5-6-14(11)15-18-8-12(9-19-15)10-20-16(2,3)4/h5-9,20H,10H2,1-4H3. The molecule has 0 fully saturated rings. The summed E-state index contributed by atoms with van der Waals surface area (Å²) in [6.45, 7) is 9.29. The Bertz CT molecular complexity index is 586. The predicted octanol–water partition coefficient (Wildman–Crippen LogP) is 4.10. The molecule has 0 amide bonds. The van der Waals surface area contributed by atoms with Crippen molar-refractivity contribution in [2.24, 2.45) is 0 Å². The fraction of sp³-hybridized carbons (Fsp3) is 0.375. The van der Waals surface area contributed by atoms with E-state index in [1.54, 1.807) is 0 Å². The second-order valence-corrected chi connectivity index (χ2v) is 6.89. The first-order valence-electron chi connectivity index (χ1n) is 6.68. The minimum absolute atomic E-state index is 0.0982. The zero-order valence-corrected chi connectivity index (χ0v) is 14.0. The van der Waals surface area contributed by atoms with E-state index in [2.05, 4.69) is 65.0 Å². The van der Waals surface area contributed by atoms with Crippen molar-refractivity contribution < 1.29 is 0 Å². The van der Waals surface area contributed by atoms with Crippen molar-refractivity contribution in [2.75, 3.05) is 0 Å². The minimum atomic E-state index is 0.0982. The van der Waals surface area contributed by atoms with Crippen LogP contribution in [0, 0.1) is 6.92 Å². The lowest BCUT2D eigenvalue weighted by atomic mass is 10.1. The molecule has 1 aromatic heterocycles. The van der Waals surface area contributed by atoms with Crippen molar-refractivity contribution in [3.63, 3.8) is 0 Å². The molecule has 0 bridgehead atoms. The third kappa shape index (κ3) is 4.12. The Balaban J connectivity index is 2.15. The van der Waals surface area contributed by atoms with Gasteiger partial charge in [-0.1, -0.05) is 15.9 Å². The van der Waals surface area contributed by atoms with Crippen LogP contribution in [0.2, 0.25) is 0 Å². The molecule has 0 spiro atoms. The quantitative estimate of drug-likeness (QED) is 0.918. The number of hydrogen-bond donors (Lipinski definition) is 1. The average Bonchev–Trinajstić information content (AvgIpc) is 2.36.